The molecule has 1 unspecified atom stereocenters. The number of aryl methyl sites for hydroxylation is 1. The van der Waals surface area contributed by atoms with Gasteiger partial charge in [0.15, 0.2) is 0 Å². The van der Waals surface area contributed by atoms with Crippen LogP contribution in [-0.2, 0) is 6.54 Å². The van der Waals surface area contributed by atoms with Crippen molar-refractivity contribution in [2.45, 2.75) is 207 Å². The summed E-state index contributed by atoms with van der Waals surface area (Å²) in [6, 6.07) is 0.625. The van der Waals surface area contributed by atoms with Crippen LogP contribution in [0.15, 0.2) is 12.4 Å². The molecule has 0 aliphatic heterocycles. The number of rotatable bonds is 27. The van der Waals surface area contributed by atoms with E-state index in [1.165, 1.54) is 166 Å². The first-order valence-corrected chi connectivity index (χ1v) is 17.2. The minimum atomic E-state index is 0.590. The molecule has 0 aliphatic rings. The van der Waals surface area contributed by atoms with Crippen molar-refractivity contribution < 1.29 is 4.57 Å². The zero-order valence-corrected chi connectivity index (χ0v) is 26.4. The lowest BCUT2D eigenvalue weighted by molar-refractivity contribution is -0.705. The second-order valence-electron chi connectivity index (χ2n) is 12.5. The molecule has 218 valence electrons. The lowest BCUT2D eigenvalue weighted by Gasteiger charge is -2.14. The van der Waals surface area contributed by atoms with E-state index in [0.717, 1.165) is 0 Å². The molecule has 0 amide bonds. The number of nitrogens with zero attached hydrogens (tertiary/aromatic N) is 2. The van der Waals surface area contributed by atoms with E-state index in [1.807, 2.05) is 0 Å². The third kappa shape index (κ3) is 17.4. The minimum Gasteiger partial charge on any atom is -0.234 e. The smallest absolute Gasteiger partial charge is 0.234 e. The summed E-state index contributed by atoms with van der Waals surface area (Å²) >= 11 is 0. The first-order valence-electron chi connectivity index (χ1n) is 17.2. The standard InChI is InChI=1S/C35H69N2/c1-6-8-10-12-14-16-17-18-19-20-22-24-26-28-30-36-31-32-37(35(36)33(3)4)34(5)29-27-25-23-21-15-13-11-9-7-2/h31-34H,6-30H2,1-5H3/q+1. The summed E-state index contributed by atoms with van der Waals surface area (Å²) in [7, 11) is 0. The average molecular weight is 518 g/mol. The van der Waals surface area contributed by atoms with Gasteiger partial charge >= 0.3 is 0 Å². The Morgan fingerprint density at radius 2 is 0.919 bits per heavy atom. The molecule has 2 nitrogen and oxygen atoms in total. The van der Waals surface area contributed by atoms with Crippen LogP contribution in [-0.4, -0.2) is 4.57 Å². The maximum Gasteiger partial charge on any atom is 0.259 e. The third-order valence-corrected chi connectivity index (χ3v) is 8.44. The van der Waals surface area contributed by atoms with Gasteiger partial charge in [0, 0.05) is 0 Å². The van der Waals surface area contributed by atoms with E-state index in [9.17, 15) is 0 Å². The zero-order chi connectivity index (χ0) is 27.0. The Kier molecular flexibility index (Phi) is 22.5. The van der Waals surface area contributed by atoms with Gasteiger partial charge in [-0.3, -0.25) is 0 Å². The van der Waals surface area contributed by atoms with E-state index in [0.29, 0.717) is 12.0 Å². The minimum absolute atomic E-state index is 0.590. The fourth-order valence-corrected chi connectivity index (χ4v) is 6.01. The van der Waals surface area contributed by atoms with Crippen LogP contribution in [0.3, 0.4) is 0 Å². The molecule has 1 rings (SSSR count). The van der Waals surface area contributed by atoms with Crippen LogP contribution in [0.2, 0.25) is 0 Å². The Morgan fingerprint density at radius 3 is 1.32 bits per heavy atom. The lowest BCUT2D eigenvalue weighted by atomic mass is 10.0. The maximum absolute atomic E-state index is 2.60. The van der Waals surface area contributed by atoms with Gasteiger partial charge in [-0.1, -0.05) is 156 Å². The molecule has 1 heterocycles. The van der Waals surface area contributed by atoms with Crippen molar-refractivity contribution in [2.75, 3.05) is 0 Å². The Labute approximate surface area is 234 Å². The Bertz CT molecular complexity index is 602. The highest BCUT2D eigenvalue weighted by Crippen LogP contribution is 2.22. The van der Waals surface area contributed by atoms with E-state index in [1.54, 1.807) is 0 Å². The first-order chi connectivity index (χ1) is 18.1. The van der Waals surface area contributed by atoms with Gasteiger partial charge in [0.05, 0.1) is 18.5 Å². The average Bonchev–Trinajstić information content (AvgIpc) is 3.32. The molecule has 0 N–H and O–H groups in total. The van der Waals surface area contributed by atoms with E-state index in [4.69, 9.17) is 0 Å². The quantitative estimate of drug-likeness (QED) is 0.0810. The van der Waals surface area contributed by atoms with Crippen LogP contribution in [0.4, 0.5) is 0 Å². The van der Waals surface area contributed by atoms with Gasteiger partial charge in [-0.25, -0.2) is 9.13 Å². The molecular weight excluding hydrogens is 448 g/mol. The highest BCUT2D eigenvalue weighted by molar-refractivity contribution is 4.92. The molecule has 37 heavy (non-hydrogen) atoms. The molecule has 0 aromatic carbocycles. The molecule has 0 saturated carbocycles. The van der Waals surface area contributed by atoms with Crippen LogP contribution >= 0.6 is 0 Å². The number of aromatic nitrogens is 2. The zero-order valence-electron chi connectivity index (χ0n) is 26.4. The predicted octanol–water partition coefficient (Wildman–Crippen LogP) is 11.9. The number of hydrogen-bond acceptors (Lipinski definition) is 0. The van der Waals surface area contributed by atoms with E-state index in [-0.39, 0.29) is 0 Å². The van der Waals surface area contributed by atoms with Gasteiger partial charge in [-0.2, -0.15) is 0 Å². The van der Waals surface area contributed by atoms with Crippen LogP contribution in [0, 0.1) is 0 Å². The molecular formula is C35H69N2+. The van der Waals surface area contributed by atoms with E-state index in [2.05, 4.69) is 56.1 Å². The normalized spacial score (nSPS) is 12.6. The Hall–Kier alpha value is -0.790. The van der Waals surface area contributed by atoms with Crippen LogP contribution in [0.25, 0.3) is 0 Å². The molecule has 2 heteroatoms. The number of hydrogen-bond donors (Lipinski definition) is 0. The molecule has 0 saturated heterocycles. The van der Waals surface area contributed by atoms with Gasteiger partial charge in [0.25, 0.3) is 5.82 Å². The summed E-state index contributed by atoms with van der Waals surface area (Å²) in [5.74, 6) is 2.13. The van der Waals surface area contributed by atoms with Crippen molar-refractivity contribution in [2.24, 2.45) is 0 Å². The molecule has 1 aromatic rings. The van der Waals surface area contributed by atoms with Crippen molar-refractivity contribution in [1.29, 1.82) is 0 Å². The lowest BCUT2D eigenvalue weighted by Crippen LogP contribution is -2.38. The maximum atomic E-state index is 2.60. The fourth-order valence-electron chi connectivity index (χ4n) is 6.01. The number of unbranched alkanes of at least 4 members (excludes halogenated alkanes) is 21. The van der Waals surface area contributed by atoms with Crippen LogP contribution < -0.4 is 4.57 Å². The summed E-state index contributed by atoms with van der Waals surface area (Å²) in [6.07, 6.45) is 38.9. The van der Waals surface area contributed by atoms with Crippen LogP contribution in [0.5, 0.6) is 0 Å². The van der Waals surface area contributed by atoms with Gasteiger partial charge in [0.1, 0.15) is 12.4 Å². The second-order valence-corrected chi connectivity index (χ2v) is 12.5. The van der Waals surface area contributed by atoms with Crippen LogP contribution in [0.1, 0.15) is 207 Å². The first kappa shape index (κ1) is 34.2. The van der Waals surface area contributed by atoms with Crippen molar-refractivity contribution in [3.8, 4) is 0 Å². The molecule has 0 aliphatic carbocycles. The summed E-state index contributed by atoms with van der Waals surface area (Å²) in [5.41, 5.74) is 0. The highest BCUT2D eigenvalue weighted by atomic mass is 15.2. The van der Waals surface area contributed by atoms with Gasteiger partial charge in [-0.05, 0) is 32.6 Å². The fraction of sp³-hybridized carbons (Fsp3) is 0.914. The van der Waals surface area contributed by atoms with Crippen molar-refractivity contribution in [3.05, 3.63) is 18.2 Å². The van der Waals surface area contributed by atoms with Crippen molar-refractivity contribution in [1.82, 2.24) is 4.57 Å². The molecule has 0 fully saturated rings. The van der Waals surface area contributed by atoms with Gasteiger partial charge in [0.2, 0.25) is 0 Å². The summed E-state index contributed by atoms with van der Waals surface area (Å²) < 4.78 is 5.16. The predicted molar refractivity (Wildman–Crippen MR) is 166 cm³/mol. The number of imidazole rings is 1. The van der Waals surface area contributed by atoms with Gasteiger partial charge in [-0.15, -0.1) is 0 Å². The monoisotopic (exact) mass is 518 g/mol. The van der Waals surface area contributed by atoms with Crippen molar-refractivity contribution in [3.63, 3.8) is 0 Å². The molecule has 1 atom stereocenters. The summed E-state index contributed by atoms with van der Waals surface area (Å²) in [4.78, 5) is 0. The SMILES string of the molecule is CCCCCCCCCCCCCCCC[n+]1ccn(C(C)CCCCCCCCCCC)c1C(C)C. The molecule has 0 bridgehead atoms. The second kappa shape index (κ2) is 24.3. The topological polar surface area (TPSA) is 8.81 Å². The van der Waals surface area contributed by atoms with Gasteiger partial charge < -0.3 is 0 Å². The molecule has 0 radical (unpaired) electrons. The molecule has 0 spiro atoms. The highest BCUT2D eigenvalue weighted by Gasteiger charge is 2.23. The molecule has 1 aromatic heterocycles. The largest absolute Gasteiger partial charge is 0.259 e. The third-order valence-electron chi connectivity index (χ3n) is 8.44. The van der Waals surface area contributed by atoms with Crippen molar-refractivity contribution >= 4 is 0 Å². The summed E-state index contributed by atoms with van der Waals surface area (Å²) in [6.45, 7) is 13.0. The summed E-state index contributed by atoms with van der Waals surface area (Å²) in [5, 5.41) is 0. The Balaban J connectivity index is 2.14. The van der Waals surface area contributed by atoms with E-state index < -0.39 is 0 Å². The van der Waals surface area contributed by atoms with E-state index >= 15 is 0 Å². The Morgan fingerprint density at radius 1 is 0.541 bits per heavy atom.